The fraction of sp³-hybridized carbons (Fsp3) is 0.522. The number of rotatable bonds is 5. The Labute approximate surface area is 199 Å². The summed E-state index contributed by atoms with van der Waals surface area (Å²) in [6, 6.07) is 5.92. The van der Waals surface area contributed by atoms with E-state index in [0.29, 0.717) is 54.6 Å². The molecule has 33 heavy (non-hydrogen) atoms. The van der Waals surface area contributed by atoms with Crippen LogP contribution < -0.4 is 10.6 Å². The number of carbonyl (C=O) groups is 3. The highest BCUT2D eigenvalue weighted by Crippen LogP contribution is 2.32. The lowest BCUT2D eigenvalue weighted by molar-refractivity contribution is -0.139. The zero-order chi connectivity index (χ0) is 24.2. The minimum atomic E-state index is -0.732. The molecule has 1 atom stereocenters. The number of piperazine rings is 1. The standard InChI is InChI=1S/C23H31ClN4O5/c1-5-32-20(29)18-17(25-21(30)26-19(18)15-8-6-7-9-16(15)24)14-27-10-12-28(13-11-27)22(31)33-23(2,3)4/h6-9,19H,5,10-14H2,1-4H3,(H2,25,26,30). The van der Waals surface area contributed by atoms with Crippen molar-refractivity contribution >= 4 is 29.7 Å². The van der Waals surface area contributed by atoms with E-state index in [1.807, 2.05) is 20.8 Å². The first-order valence-electron chi connectivity index (χ1n) is 11.0. The third-order valence-electron chi connectivity index (χ3n) is 5.27. The molecular formula is C23H31ClN4O5. The number of hydrogen-bond acceptors (Lipinski definition) is 6. The predicted octanol–water partition coefficient (Wildman–Crippen LogP) is 3.06. The van der Waals surface area contributed by atoms with Crippen molar-refractivity contribution in [3.8, 4) is 0 Å². The molecule has 3 rings (SSSR count). The zero-order valence-electron chi connectivity index (χ0n) is 19.4. The molecule has 10 heteroatoms. The minimum absolute atomic E-state index is 0.202. The van der Waals surface area contributed by atoms with Gasteiger partial charge < -0.3 is 25.0 Å². The van der Waals surface area contributed by atoms with Crippen molar-refractivity contribution in [3.05, 3.63) is 46.1 Å². The maximum absolute atomic E-state index is 12.9. The molecule has 0 spiro atoms. The van der Waals surface area contributed by atoms with Gasteiger partial charge in [0.2, 0.25) is 0 Å². The van der Waals surface area contributed by atoms with Crippen LogP contribution in [0.3, 0.4) is 0 Å². The summed E-state index contributed by atoms with van der Waals surface area (Å²) in [5.74, 6) is -0.516. The highest BCUT2D eigenvalue weighted by Gasteiger charge is 2.36. The van der Waals surface area contributed by atoms with Gasteiger partial charge in [-0.3, -0.25) is 4.90 Å². The summed E-state index contributed by atoms with van der Waals surface area (Å²) in [4.78, 5) is 41.5. The number of nitrogens with zero attached hydrogens (tertiary/aromatic N) is 2. The molecule has 1 saturated heterocycles. The summed E-state index contributed by atoms with van der Waals surface area (Å²) in [6.45, 7) is 9.86. The van der Waals surface area contributed by atoms with Gasteiger partial charge in [-0.25, -0.2) is 14.4 Å². The Morgan fingerprint density at radius 3 is 2.42 bits per heavy atom. The van der Waals surface area contributed by atoms with Crippen LogP contribution in [0.2, 0.25) is 5.02 Å². The van der Waals surface area contributed by atoms with Gasteiger partial charge in [-0.05, 0) is 39.3 Å². The molecule has 2 aliphatic heterocycles. The smallest absolute Gasteiger partial charge is 0.410 e. The summed E-state index contributed by atoms with van der Waals surface area (Å²) in [6.07, 6.45) is -0.345. The number of esters is 1. The van der Waals surface area contributed by atoms with Gasteiger partial charge in [0.15, 0.2) is 0 Å². The predicted molar refractivity (Wildman–Crippen MR) is 124 cm³/mol. The molecule has 1 fully saturated rings. The largest absolute Gasteiger partial charge is 0.463 e. The van der Waals surface area contributed by atoms with E-state index in [0.717, 1.165) is 0 Å². The van der Waals surface area contributed by atoms with Crippen LogP contribution in [0.15, 0.2) is 35.5 Å². The van der Waals surface area contributed by atoms with Gasteiger partial charge in [0.25, 0.3) is 0 Å². The van der Waals surface area contributed by atoms with Crippen LogP contribution in [0.5, 0.6) is 0 Å². The van der Waals surface area contributed by atoms with Gasteiger partial charge in [0.05, 0.1) is 18.2 Å². The van der Waals surface area contributed by atoms with Crippen molar-refractivity contribution in [1.29, 1.82) is 0 Å². The summed E-state index contributed by atoms with van der Waals surface area (Å²) >= 11 is 6.38. The summed E-state index contributed by atoms with van der Waals surface area (Å²) in [7, 11) is 0. The Kier molecular flexibility index (Phi) is 7.86. The number of ether oxygens (including phenoxy) is 2. The van der Waals surface area contributed by atoms with Crippen LogP contribution in [0.25, 0.3) is 0 Å². The molecule has 3 amide bonds. The Morgan fingerprint density at radius 1 is 1.15 bits per heavy atom. The van der Waals surface area contributed by atoms with Crippen molar-refractivity contribution in [1.82, 2.24) is 20.4 Å². The molecule has 1 unspecified atom stereocenters. The van der Waals surface area contributed by atoms with Crippen molar-refractivity contribution < 1.29 is 23.9 Å². The van der Waals surface area contributed by atoms with E-state index in [4.69, 9.17) is 21.1 Å². The molecule has 2 N–H and O–H groups in total. The first-order valence-corrected chi connectivity index (χ1v) is 11.4. The number of benzene rings is 1. The Morgan fingerprint density at radius 2 is 1.82 bits per heavy atom. The molecule has 9 nitrogen and oxygen atoms in total. The van der Waals surface area contributed by atoms with Gasteiger partial charge in [-0.15, -0.1) is 0 Å². The Balaban J connectivity index is 1.81. The maximum atomic E-state index is 12.9. The molecule has 2 aliphatic rings. The van der Waals surface area contributed by atoms with Crippen LogP contribution in [0.1, 0.15) is 39.3 Å². The van der Waals surface area contributed by atoms with Crippen molar-refractivity contribution in [3.63, 3.8) is 0 Å². The lowest BCUT2D eigenvalue weighted by Gasteiger charge is -2.37. The van der Waals surface area contributed by atoms with Gasteiger partial charge in [-0.1, -0.05) is 29.8 Å². The van der Waals surface area contributed by atoms with E-state index in [1.54, 1.807) is 36.1 Å². The molecule has 1 aromatic rings. The number of amides is 3. The maximum Gasteiger partial charge on any atom is 0.410 e. The van der Waals surface area contributed by atoms with Crippen molar-refractivity contribution in [2.45, 2.75) is 39.3 Å². The van der Waals surface area contributed by atoms with Gasteiger partial charge in [0, 0.05) is 43.4 Å². The highest BCUT2D eigenvalue weighted by atomic mass is 35.5. The van der Waals surface area contributed by atoms with Crippen LogP contribution in [0.4, 0.5) is 9.59 Å². The molecule has 0 aliphatic carbocycles. The fourth-order valence-corrected chi connectivity index (χ4v) is 4.02. The molecule has 0 bridgehead atoms. The molecule has 0 radical (unpaired) electrons. The SMILES string of the molecule is CCOC(=O)C1=C(CN2CCN(C(=O)OC(C)(C)C)CC2)NC(=O)NC1c1ccccc1Cl. The molecular weight excluding hydrogens is 448 g/mol. The highest BCUT2D eigenvalue weighted by molar-refractivity contribution is 6.31. The second-order valence-electron chi connectivity index (χ2n) is 8.91. The normalized spacial score (nSPS) is 19.6. The monoisotopic (exact) mass is 478 g/mol. The third-order valence-corrected chi connectivity index (χ3v) is 5.62. The van der Waals surface area contributed by atoms with Crippen LogP contribution in [-0.4, -0.2) is 72.8 Å². The Bertz CT molecular complexity index is 935. The second-order valence-corrected chi connectivity index (χ2v) is 9.32. The molecule has 0 saturated carbocycles. The van der Waals surface area contributed by atoms with Gasteiger partial charge in [0.1, 0.15) is 5.60 Å². The molecule has 180 valence electrons. The minimum Gasteiger partial charge on any atom is -0.463 e. The average molecular weight is 479 g/mol. The summed E-state index contributed by atoms with van der Waals surface area (Å²) in [5, 5.41) is 6.01. The van der Waals surface area contributed by atoms with Gasteiger partial charge in [-0.2, -0.15) is 0 Å². The second kappa shape index (κ2) is 10.4. The molecule has 1 aromatic carbocycles. The van der Waals surface area contributed by atoms with Gasteiger partial charge >= 0.3 is 18.1 Å². The van der Waals surface area contributed by atoms with E-state index < -0.39 is 23.6 Å². The van der Waals surface area contributed by atoms with Crippen molar-refractivity contribution in [2.75, 3.05) is 39.3 Å². The summed E-state index contributed by atoms with van der Waals surface area (Å²) < 4.78 is 10.7. The van der Waals surface area contributed by atoms with Crippen LogP contribution >= 0.6 is 11.6 Å². The topological polar surface area (TPSA) is 100 Å². The average Bonchev–Trinajstić information content (AvgIpc) is 2.73. The van der Waals surface area contributed by atoms with E-state index >= 15 is 0 Å². The third kappa shape index (κ3) is 6.39. The van der Waals surface area contributed by atoms with E-state index in [1.165, 1.54) is 0 Å². The molecule has 2 heterocycles. The van der Waals surface area contributed by atoms with E-state index in [-0.39, 0.29) is 12.7 Å². The van der Waals surface area contributed by atoms with E-state index in [2.05, 4.69) is 15.5 Å². The first-order chi connectivity index (χ1) is 15.6. The number of carbonyl (C=O) groups excluding carboxylic acids is 3. The first kappa shape index (κ1) is 24.9. The zero-order valence-corrected chi connectivity index (χ0v) is 20.2. The number of hydrogen-bond donors (Lipinski definition) is 2. The summed E-state index contributed by atoms with van der Waals surface area (Å²) in [5.41, 5.74) is 0.844. The Hall–Kier alpha value is -2.78. The molecule has 0 aromatic heterocycles. The van der Waals surface area contributed by atoms with Crippen molar-refractivity contribution in [2.24, 2.45) is 0 Å². The lowest BCUT2D eigenvalue weighted by atomic mass is 9.95. The van der Waals surface area contributed by atoms with Crippen LogP contribution in [-0.2, 0) is 14.3 Å². The fourth-order valence-electron chi connectivity index (χ4n) is 3.77. The van der Waals surface area contributed by atoms with Crippen LogP contribution in [0, 0.1) is 0 Å². The quantitative estimate of drug-likeness (QED) is 0.631. The number of nitrogens with one attached hydrogen (secondary N) is 2. The number of urea groups is 1. The number of halogens is 1. The lowest BCUT2D eigenvalue weighted by Crippen LogP contribution is -2.53. The van der Waals surface area contributed by atoms with E-state index in [9.17, 15) is 14.4 Å².